The number of rotatable bonds is 2. The molecule has 1 heterocycles. The molecule has 4 nitrogen and oxygen atoms in total. The smallest absolute Gasteiger partial charge is 0.471 e. The topological polar surface area (TPSA) is 57.6 Å². The van der Waals surface area contributed by atoms with E-state index in [2.05, 4.69) is 0 Å². The molecule has 1 aliphatic rings. The zero-order valence-corrected chi connectivity index (χ0v) is 9.33. The SMILES string of the molecule is CC[C@@H]1CCN(C(=O)C(F)(F)F)[C@H](C(=O)O)C1. The number of halogens is 3. The van der Waals surface area contributed by atoms with Crippen LogP contribution in [0.1, 0.15) is 26.2 Å². The van der Waals surface area contributed by atoms with Crippen LogP contribution in [0.2, 0.25) is 0 Å². The standard InChI is InChI=1S/C10H14F3NO3/c1-2-6-3-4-14(7(5-6)8(15)16)9(17)10(11,12)13/h6-7H,2-5H2,1H3,(H,15,16)/t6-,7+/m1/s1. The number of likely N-dealkylation sites (tertiary alicyclic amines) is 1. The van der Waals surface area contributed by atoms with Crippen molar-refractivity contribution in [1.82, 2.24) is 4.90 Å². The summed E-state index contributed by atoms with van der Waals surface area (Å²) in [6, 6.07) is -1.36. The molecule has 1 N–H and O–H groups in total. The van der Waals surface area contributed by atoms with Gasteiger partial charge in [0.2, 0.25) is 0 Å². The Hall–Kier alpha value is -1.27. The Morgan fingerprint density at radius 3 is 2.41 bits per heavy atom. The van der Waals surface area contributed by atoms with E-state index in [-0.39, 0.29) is 18.9 Å². The first-order valence-corrected chi connectivity index (χ1v) is 5.38. The van der Waals surface area contributed by atoms with Crippen molar-refractivity contribution in [3.8, 4) is 0 Å². The largest absolute Gasteiger partial charge is 0.480 e. The van der Waals surface area contributed by atoms with E-state index in [1.54, 1.807) is 0 Å². The lowest BCUT2D eigenvalue weighted by atomic mass is 9.89. The molecule has 1 saturated heterocycles. The van der Waals surface area contributed by atoms with Gasteiger partial charge in [0, 0.05) is 6.54 Å². The first-order valence-electron chi connectivity index (χ1n) is 5.38. The molecule has 1 rings (SSSR count). The van der Waals surface area contributed by atoms with Crippen LogP contribution in [-0.4, -0.2) is 40.6 Å². The molecule has 0 saturated carbocycles. The highest BCUT2D eigenvalue weighted by Gasteiger charge is 2.47. The second kappa shape index (κ2) is 4.93. The van der Waals surface area contributed by atoms with Crippen LogP contribution in [0.4, 0.5) is 13.2 Å². The Morgan fingerprint density at radius 1 is 1.41 bits per heavy atom. The molecule has 98 valence electrons. The van der Waals surface area contributed by atoms with E-state index in [1.165, 1.54) is 0 Å². The third-order valence-corrected chi connectivity index (χ3v) is 3.08. The fourth-order valence-corrected chi connectivity index (χ4v) is 2.05. The molecule has 0 aromatic rings. The molecule has 2 atom stereocenters. The highest BCUT2D eigenvalue weighted by Crippen LogP contribution is 2.29. The number of hydrogen-bond donors (Lipinski definition) is 1. The fourth-order valence-electron chi connectivity index (χ4n) is 2.05. The summed E-state index contributed by atoms with van der Waals surface area (Å²) in [7, 11) is 0. The second-order valence-corrected chi connectivity index (χ2v) is 4.15. The number of carbonyl (C=O) groups excluding carboxylic acids is 1. The summed E-state index contributed by atoms with van der Waals surface area (Å²) in [5, 5.41) is 8.88. The highest BCUT2D eigenvalue weighted by molar-refractivity contribution is 5.87. The molecule has 1 aliphatic heterocycles. The van der Waals surface area contributed by atoms with Crippen LogP contribution in [0.15, 0.2) is 0 Å². The average Bonchev–Trinajstić information content (AvgIpc) is 2.25. The van der Waals surface area contributed by atoms with Crippen LogP contribution in [0.5, 0.6) is 0 Å². The summed E-state index contributed by atoms with van der Waals surface area (Å²) < 4.78 is 36.8. The predicted molar refractivity (Wildman–Crippen MR) is 52.2 cm³/mol. The number of amides is 1. The van der Waals surface area contributed by atoms with Crippen molar-refractivity contribution in [1.29, 1.82) is 0 Å². The number of carboxylic acid groups (broad SMARTS) is 1. The number of hydrogen-bond acceptors (Lipinski definition) is 2. The average molecular weight is 253 g/mol. The van der Waals surface area contributed by atoms with Crippen LogP contribution < -0.4 is 0 Å². The molecule has 0 radical (unpaired) electrons. The van der Waals surface area contributed by atoms with Gasteiger partial charge in [-0.25, -0.2) is 4.79 Å². The van der Waals surface area contributed by atoms with E-state index in [1.807, 2.05) is 6.92 Å². The Bertz CT molecular complexity index is 316. The third kappa shape index (κ3) is 3.10. The molecular formula is C10H14F3NO3. The minimum atomic E-state index is -5.01. The quantitative estimate of drug-likeness (QED) is 0.814. The van der Waals surface area contributed by atoms with Gasteiger partial charge in [0.15, 0.2) is 0 Å². The van der Waals surface area contributed by atoms with Crippen LogP contribution >= 0.6 is 0 Å². The Labute approximate surface area is 96.4 Å². The van der Waals surface area contributed by atoms with E-state index in [9.17, 15) is 22.8 Å². The first-order chi connectivity index (χ1) is 7.77. The molecule has 17 heavy (non-hydrogen) atoms. The maximum absolute atomic E-state index is 12.3. The normalized spacial score (nSPS) is 25.8. The van der Waals surface area contributed by atoms with E-state index in [4.69, 9.17) is 5.11 Å². The molecule has 0 bridgehead atoms. The lowest BCUT2D eigenvalue weighted by Gasteiger charge is -2.37. The monoisotopic (exact) mass is 253 g/mol. The second-order valence-electron chi connectivity index (χ2n) is 4.15. The van der Waals surface area contributed by atoms with Gasteiger partial charge in [-0.2, -0.15) is 13.2 Å². The predicted octanol–water partition coefficient (Wildman–Crippen LogP) is 1.65. The number of carbonyl (C=O) groups is 2. The van der Waals surface area contributed by atoms with Crippen molar-refractivity contribution < 1.29 is 27.9 Å². The van der Waals surface area contributed by atoms with E-state index in [0.717, 1.165) is 0 Å². The van der Waals surface area contributed by atoms with Crippen molar-refractivity contribution in [3.63, 3.8) is 0 Å². The lowest BCUT2D eigenvalue weighted by molar-refractivity contribution is -0.192. The molecule has 0 aromatic heterocycles. The van der Waals surface area contributed by atoms with Gasteiger partial charge in [-0.3, -0.25) is 4.79 Å². The van der Waals surface area contributed by atoms with Gasteiger partial charge in [0.1, 0.15) is 6.04 Å². The van der Waals surface area contributed by atoms with Gasteiger partial charge in [-0.05, 0) is 18.8 Å². The van der Waals surface area contributed by atoms with Gasteiger partial charge < -0.3 is 10.0 Å². The number of alkyl halides is 3. The molecule has 0 aliphatic carbocycles. The minimum absolute atomic E-state index is 0.0633. The maximum Gasteiger partial charge on any atom is 0.471 e. The molecule has 1 amide bonds. The first kappa shape index (κ1) is 13.8. The fraction of sp³-hybridized carbons (Fsp3) is 0.800. The van der Waals surface area contributed by atoms with E-state index in [0.29, 0.717) is 17.7 Å². The lowest BCUT2D eigenvalue weighted by Crippen LogP contribution is -2.54. The van der Waals surface area contributed by atoms with Crippen LogP contribution in [0, 0.1) is 5.92 Å². The Morgan fingerprint density at radius 2 is 2.00 bits per heavy atom. The zero-order valence-electron chi connectivity index (χ0n) is 9.33. The summed E-state index contributed by atoms with van der Waals surface area (Å²) in [6.45, 7) is 1.71. The Kier molecular flexibility index (Phi) is 4.00. The van der Waals surface area contributed by atoms with Gasteiger partial charge in [-0.15, -0.1) is 0 Å². The van der Waals surface area contributed by atoms with Crippen molar-refractivity contribution in [2.24, 2.45) is 5.92 Å². The van der Waals surface area contributed by atoms with Crippen LogP contribution in [-0.2, 0) is 9.59 Å². The van der Waals surface area contributed by atoms with Crippen molar-refractivity contribution in [2.75, 3.05) is 6.54 Å². The van der Waals surface area contributed by atoms with Crippen molar-refractivity contribution >= 4 is 11.9 Å². The van der Waals surface area contributed by atoms with Crippen LogP contribution in [0.3, 0.4) is 0 Å². The van der Waals surface area contributed by atoms with Gasteiger partial charge in [-0.1, -0.05) is 13.3 Å². The number of nitrogens with zero attached hydrogens (tertiary/aromatic N) is 1. The molecule has 1 fully saturated rings. The molecular weight excluding hydrogens is 239 g/mol. The number of piperidine rings is 1. The van der Waals surface area contributed by atoms with Crippen molar-refractivity contribution in [2.45, 2.75) is 38.4 Å². The summed E-state index contributed by atoms with van der Waals surface area (Å²) in [5.41, 5.74) is 0. The minimum Gasteiger partial charge on any atom is -0.480 e. The van der Waals surface area contributed by atoms with E-state index < -0.39 is 24.1 Å². The summed E-state index contributed by atoms with van der Waals surface area (Å²) in [4.78, 5) is 22.4. The number of aliphatic carboxylic acids is 1. The zero-order chi connectivity index (χ0) is 13.2. The van der Waals surface area contributed by atoms with E-state index >= 15 is 0 Å². The van der Waals surface area contributed by atoms with Crippen LogP contribution in [0.25, 0.3) is 0 Å². The van der Waals surface area contributed by atoms with Gasteiger partial charge in [0.05, 0.1) is 0 Å². The number of carboxylic acids is 1. The molecule has 7 heteroatoms. The van der Waals surface area contributed by atoms with Crippen molar-refractivity contribution in [3.05, 3.63) is 0 Å². The highest BCUT2D eigenvalue weighted by atomic mass is 19.4. The van der Waals surface area contributed by atoms with Gasteiger partial charge in [0.25, 0.3) is 0 Å². The molecule has 0 unspecified atom stereocenters. The summed E-state index contributed by atoms with van der Waals surface area (Å²) >= 11 is 0. The Balaban J connectivity index is 2.84. The molecule has 0 spiro atoms. The molecule has 0 aromatic carbocycles. The van der Waals surface area contributed by atoms with Gasteiger partial charge >= 0.3 is 18.1 Å². The maximum atomic E-state index is 12.3. The third-order valence-electron chi connectivity index (χ3n) is 3.08. The summed E-state index contributed by atoms with van der Waals surface area (Å²) in [6.07, 6.45) is -3.79. The summed E-state index contributed by atoms with van der Waals surface area (Å²) in [5.74, 6) is -3.37.